The first-order valence-corrected chi connectivity index (χ1v) is 9.41. The molecule has 1 aromatic carbocycles. The molecule has 0 spiro atoms. The predicted octanol–water partition coefficient (Wildman–Crippen LogP) is 1.56. The fourth-order valence-corrected chi connectivity index (χ4v) is 3.43. The average molecular weight is 414 g/mol. The summed E-state index contributed by atoms with van der Waals surface area (Å²) in [6.07, 6.45) is 0. The molecule has 3 N–H and O–H groups in total. The minimum atomic E-state index is -0.748. The van der Waals surface area contributed by atoms with Gasteiger partial charge in [0.2, 0.25) is 5.95 Å². The predicted molar refractivity (Wildman–Crippen MR) is 107 cm³/mol. The van der Waals surface area contributed by atoms with Gasteiger partial charge in [-0.25, -0.2) is 14.4 Å². The third-order valence-corrected chi connectivity index (χ3v) is 5.07. The van der Waals surface area contributed by atoms with Crippen LogP contribution in [0.25, 0.3) is 11.0 Å². The monoisotopic (exact) mass is 414 g/mol. The van der Waals surface area contributed by atoms with Crippen molar-refractivity contribution in [2.75, 3.05) is 25.5 Å². The van der Waals surface area contributed by atoms with Crippen molar-refractivity contribution in [2.24, 2.45) is 0 Å². The van der Waals surface area contributed by atoms with E-state index in [0.29, 0.717) is 30.7 Å². The molecule has 2 aromatic heterocycles. The molecule has 4 rings (SSSR count). The van der Waals surface area contributed by atoms with Gasteiger partial charge in [0.15, 0.2) is 5.82 Å². The Morgan fingerprint density at radius 3 is 2.70 bits per heavy atom. The first-order valence-electron chi connectivity index (χ1n) is 9.41. The molecule has 0 bridgehead atoms. The van der Waals surface area contributed by atoms with E-state index in [1.165, 1.54) is 19.2 Å². The van der Waals surface area contributed by atoms with Crippen LogP contribution < -0.4 is 16.2 Å². The standard InChI is InChI=1S/C20H20F2N6O2/c1-10-19(29)27-17-13(24-10)4-3-11(16(17)21)7-28-8-12(9-28)25-14-5-6-15(20(30)23-2)26-18(14)22/h3-6,12,25H,7-9H2,1-2H3,(H,23,30)(H,27,29). The van der Waals surface area contributed by atoms with Gasteiger partial charge >= 0.3 is 0 Å². The second kappa shape index (κ2) is 7.79. The Morgan fingerprint density at radius 1 is 1.23 bits per heavy atom. The van der Waals surface area contributed by atoms with Gasteiger partial charge in [-0.15, -0.1) is 0 Å². The van der Waals surface area contributed by atoms with Crippen molar-refractivity contribution >= 4 is 22.6 Å². The number of pyridine rings is 1. The summed E-state index contributed by atoms with van der Waals surface area (Å²) < 4.78 is 28.9. The number of nitrogens with one attached hydrogen (secondary N) is 3. The largest absolute Gasteiger partial charge is 0.376 e. The van der Waals surface area contributed by atoms with E-state index in [1.807, 2.05) is 4.90 Å². The summed E-state index contributed by atoms with van der Waals surface area (Å²) in [5, 5.41) is 5.43. The average Bonchev–Trinajstić information content (AvgIpc) is 2.70. The van der Waals surface area contributed by atoms with Crippen LogP contribution in [0.2, 0.25) is 0 Å². The molecule has 1 aliphatic heterocycles. The number of anilines is 1. The molecular weight excluding hydrogens is 394 g/mol. The third kappa shape index (κ3) is 3.73. The van der Waals surface area contributed by atoms with E-state index >= 15 is 0 Å². The smallest absolute Gasteiger partial charge is 0.269 e. The molecule has 3 heterocycles. The van der Waals surface area contributed by atoms with Crippen LogP contribution in [-0.4, -0.2) is 51.9 Å². The van der Waals surface area contributed by atoms with Gasteiger partial charge in [-0.3, -0.25) is 14.5 Å². The number of aryl methyl sites for hydroxylation is 1. The fraction of sp³-hybridized carbons (Fsp3) is 0.300. The van der Waals surface area contributed by atoms with Crippen molar-refractivity contribution in [3.05, 3.63) is 63.3 Å². The van der Waals surface area contributed by atoms with E-state index in [0.717, 1.165) is 0 Å². The number of amides is 1. The molecule has 0 saturated carbocycles. The van der Waals surface area contributed by atoms with Crippen LogP contribution in [0, 0.1) is 18.7 Å². The normalized spacial score (nSPS) is 14.5. The molecule has 0 unspecified atom stereocenters. The van der Waals surface area contributed by atoms with Crippen molar-refractivity contribution in [3.8, 4) is 0 Å². The SMILES string of the molecule is CNC(=O)c1ccc(NC2CN(Cc3ccc4nc(C)c(=O)[nH]c4c3F)C2)c(F)n1. The number of likely N-dealkylation sites (tertiary alicyclic amines) is 1. The number of carbonyl (C=O) groups is 1. The second-order valence-electron chi connectivity index (χ2n) is 7.23. The number of carbonyl (C=O) groups excluding carboxylic acids is 1. The van der Waals surface area contributed by atoms with E-state index in [9.17, 15) is 18.4 Å². The molecule has 8 nitrogen and oxygen atoms in total. The maximum atomic E-state index is 14.8. The molecule has 1 saturated heterocycles. The quantitative estimate of drug-likeness (QED) is 0.548. The number of fused-ring (bicyclic) bond motifs is 1. The molecule has 30 heavy (non-hydrogen) atoms. The molecule has 1 fully saturated rings. The Balaban J connectivity index is 1.40. The van der Waals surface area contributed by atoms with Crippen LogP contribution in [0.1, 0.15) is 21.7 Å². The van der Waals surface area contributed by atoms with Gasteiger partial charge in [-0.1, -0.05) is 6.07 Å². The van der Waals surface area contributed by atoms with Crippen molar-refractivity contribution in [3.63, 3.8) is 0 Å². The lowest BCUT2D eigenvalue weighted by Crippen LogP contribution is -2.54. The molecule has 0 aliphatic carbocycles. The van der Waals surface area contributed by atoms with Crippen molar-refractivity contribution < 1.29 is 13.6 Å². The maximum Gasteiger partial charge on any atom is 0.269 e. The summed E-state index contributed by atoms with van der Waals surface area (Å²) >= 11 is 0. The minimum absolute atomic E-state index is 0.00490. The van der Waals surface area contributed by atoms with Gasteiger partial charge in [-0.05, 0) is 25.1 Å². The highest BCUT2D eigenvalue weighted by molar-refractivity contribution is 5.92. The number of hydrogen-bond donors (Lipinski definition) is 3. The Kier molecular flexibility index (Phi) is 5.17. The van der Waals surface area contributed by atoms with Crippen molar-refractivity contribution in [2.45, 2.75) is 19.5 Å². The number of rotatable bonds is 5. The number of nitrogens with zero attached hydrogens (tertiary/aromatic N) is 3. The number of aromatic amines is 1. The number of benzene rings is 1. The Hall–Kier alpha value is -3.40. The molecule has 1 aliphatic rings. The Morgan fingerprint density at radius 2 is 2.00 bits per heavy atom. The molecule has 1 amide bonds. The van der Waals surface area contributed by atoms with E-state index in [-0.39, 0.29) is 28.6 Å². The number of halogens is 2. The number of hydrogen-bond acceptors (Lipinski definition) is 6. The fourth-order valence-electron chi connectivity index (χ4n) is 3.43. The maximum absolute atomic E-state index is 14.8. The Bertz CT molecular complexity index is 1190. The first kappa shape index (κ1) is 19.9. The van der Waals surface area contributed by atoms with Crippen LogP contribution in [-0.2, 0) is 6.54 Å². The van der Waals surface area contributed by atoms with E-state index in [1.54, 1.807) is 19.1 Å². The zero-order chi connectivity index (χ0) is 21.4. The molecular formula is C20H20F2N6O2. The first-order chi connectivity index (χ1) is 14.4. The molecule has 10 heteroatoms. The molecule has 0 radical (unpaired) electrons. The zero-order valence-electron chi connectivity index (χ0n) is 16.4. The van der Waals surface area contributed by atoms with Crippen LogP contribution in [0.15, 0.2) is 29.1 Å². The third-order valence-electron chi connectivity index (χ3n) is 5.07. The summed E-state index contributed by atoms with van der Waals surface area (Å²) in [4.78, 5) is 35.5. The van der Waals surface area contributed by atoms with E-state index in [4.69, 9.17) is 0 Å². The number of H-pyrrole nitrogens is 1. The van der Waals surface area contributed by atoms with Gasteiger partial charge in [0.1, 0.15) is 16.9 Å². The van der Waals surface area contributed by atoms with E-state index in [2.05, 4.69) is 25.6 Å². The van der Waals surface area contributed by atoms with Crippen LogP contribution >= 0.6 is 0 Å². The summed E-state index contributed by atoms with van der Waals surface area (Å²) in [5.74, 6) is -1.70. The Labute approximate surface area is 170 Å². The minimum Gasteiger partial charge on any atom is -0.376 e. The summed E-state index contributed by atoms with van der Waals surface area (Å²) in [6, 6.07) is 6.23. The van der Waals surface area contributed by atoms with Crippen molar-refractivity contribution in [1.29, 1.82) is 0 Å². The van der Waals surface area contributed by atoms with Crippen LogP contribution in [0.5, 0.6) is 0 Å². The summed E-state index contributed by atoms with van der Waals surface area (Å²) in [6.45, 7) is 3.08. The molecule has 3 aromatic rings. The highest BCUT2D eigenvalue weighted by atomic mass is 19.1. The lowest BCUT2D eigenvalue weighted by atomic mass is 10.1. The van der Waals surface area contributed by atoms with Crippen LogP contribution in [0.3, 0.4) is 0 Å². The second-order valence-corrected chi connectivity index (χ2v) is 7.23. The molecule has 0 atom stereocenters. The summed E-state index contributed by atoms with van der Waals surface area (Å²) in [5.41, 5.74) is 1.04. The number of aromatic nitrogens is 3. The van der Waals surface area contributed by atoms with Crippen LogP contribution in [0.4, 0.5) is 14.5 Å². The van der Waals surface area contributed by atoms with Crippen molar-refractivity contribution in [1.82, 2.24) is 25.2 Å². The van der Waals surface area contributed by atoms with Gasteiger partial charge in [0, 0.05) is 32.2 Å². The zero-order valence-corrected chi connectivity index (χ0v) is 16.4. The van der Waals surface area contributed by atoms with Gasteiger partial charge in [0.05, 0.1) is 17.2 Å². The lowest BCUT2D eigenvalue weighted by molar-refractivity contribution is 0.0957. The van der Waals surface area contributed by atoms with Gasteiger partial charge in [-0.2, -0.15) is 4.39 Å². The topological polar surface area (TPSA) is 103 Å². The van der Waals surface area contributed by atoms with Gasteiger partial charge < -0.3 is 15.6 Å². The molecule has 156 valence electrons. The highest BCUT2D eigenvalue weighted by Crippen LogP contribution is 2.23. The van der Waals surface area contributed by atoms with Gasteiger partial charge in [0.25, 0.3) is 11.5 Å². The summed E-state index contributed by atoms with van der Waals surface area (Å²) in [7, 11) is 1.45. The van der Waals surface area contributed by atoms with E-state index < -0.39 is 23.2 Å². The highest BCUT2D eigenvalue weighted by Gasteiger charge is 2.28. The lowest BCUT2D eigenvalue weighted by Gasteiger charge is -2.40.